The molecule has 7 nitrogen and oxygen atoms in total. The fourth-order valence-electron chi connectivity index (χ4n) is 2.31. The first-order chi connectivity index (χ1) is 13.0. The molecule has 3 aromatic rings. The summed E-state index contributed by atoms with van der Waals surface area (Å²) in [7, 11) is 1.71. The van der Waals surface area contributed by atoms with Crippen LogP contribution < -0.4 is 5.73 Å². The van der Waals surface area contributed by atoms with Crippen molar-refractivity contribution in [1.82, 2.24) is 14.9 Å². The number of amides is 1. The van der Waals surface area contributed by atoms with Crippen molar-refractivity contribution in [3.8, 4) is 12.1 Å². The number of aromatic nitrogens is 2. The monoisotopic (exact) mass is 394 g/mol. The van der Waals surface area contributed by atoms with Crippen LogP contribution in [0.1, 0.15) is 16.1 Å². The van der Waals surface area contributed by atoms with E-state index >= 15 is 0 Å². The first-order valence-electron chi connectivity index (χ1n) is 7.83. The number of hydrogen-bond donors (Lipinski definition) is 1. The van der Waals surface area contributed by atoms with Gasteiger partial charge in [-0.05, 0) is 18.2 Å². The predicted molar refractivity (Wildman–Crippen MR) is 105 cm³/mol. The van der Waals surface area contributed by atoms with E-state index in [0.717, 1.165) is 27.0 Å². The largest absolute Gasteiger partial charge is 0.383 e. The van der Waals surface area contributed by atoms with Crippen molar-refractivity contribution in [3.63, 3.8) is 0 Å². The predicted octanol–water partition coefficient (Wildman–Crippen LogP) is 2.77. The number of anilines is 1. The van der Waals surface area contributed by atoms with Gasteiger partial charge in [0.25, 0.3) is 0 Å². The second-order valence-corrected chi connectivity index (χ2v) is 7.69. The van der Waals surface area contributed by atoms with E-state index in [1.165, 1.54) is 6.07 Å². The van der Waals surface area contributed by atoms with Gasteiger partial charge < -0.3 is 10.6 Å². The summed E-state index contributed by atoms with van der Waals surface area (Å²) in [6, 6.07) is 13.1. The van der Waals surface area contributed by atoms with Gasteiger partial charge in [-0.3, -0.25) is 4.79 Å². The first kappa shape index (κ1) is 18.6. The molecule has 0 saturated heterocycles. The number of nitrogens with two attached hydrogens (primary N) is 1. The zero-order valence-electron chi connectivity index (χ0n) is 14.3. The molecule has 0 aliphatic heterocycles. The lowest BCUT2D eigenvalue weighted by atomic mass is 10.2. The molecule has 27 heavy (non-hydrogen) atoms. The molecule has 3 rings (SSSR count). The van der Waals surface area contributed by atoms with Crippen molar-refractivity contribution in [2.24, 2.45) is 0 Å². The van der Waals surface area contributed by atoms with Gasteiger partial charge in [0.05, 0.1) is 33.6 Å². The molecule has 0 radical (unpaired) electrons. The molecule has 1 amide bonds. The van der Waals surface area contributed by atoms with E-state index < -0.39 is 0 Å². The highest BCUT2D eigenvalue weighted by molar-refractivity contribution is 8.00. The molecule has 0 saturated carbocycles. The fourth-order valence-corrected chi connectivity index (χ4v) is 4.23. The molecular weight excluding hydrogens is 380 g/mol. The van der Waals surface area contributed by atoms with Crippen molar-refractivity contribution in [1.29, 1.82) is 10.5 Å². The molecule has 0 unspecified atom stereocenters. The highest BCUT2D eigenvalue weighted by Gasteiger charge is 2.16. The van der Waals surface area contributed by atoms with Crippen LogP contribution in [0.5, 0.6) is 0 Å². The maximum Gasteiger partial charge on any atom is 0.233 e. The van der Waals surface area contributed by atoms with E-state index in [-0.39, 0.29) is 28.6 Å². The second-order valence-electron chi connectivity index (χ2n) is 5.61. The highest BCUT2D eigenvalue weighted by atomic mass is 32.2. The fraction of sp³-hybridized carbons (Fsp3) is 0.167. The summed E-state index contributed by atoms with van der Waals surface area (Å²) in [5.74, 6) is 0.0381. The van der Waals surface area contributed by atoms with E-state index in [1.807, 2.05) is 36.4 Å². The van der Waals surface area contributed by atoms with Crippen molar-refractivity contribution in [2.75, 3.05) is 18.5 Å². The smallest absolute Gasteiger partial charge is 0.233 e. The number of thiazole rings is 1. The summed E-state index contributed by atoms with van der Waals surface area (Å²) >= 11 is 2.68. The van der Waals surface area contributed by atoms with Crippen molar-refractivity contribution >= 4 is 45.0 Å². The lowest BCUT2D eigenvalue weighted by Gasteiger charge is -2.15. The Morgan fingerprint density at radius 1 is 1.26 bits per heavy atom. The number of pyridine rings is 1. The third-order valence-corrected chi connectivity index (χ3v) is 5.72. The van der Waals surface area contributed by atoms with Gasteiger partial charge in [0.1, 0.15) is 28.0 Å². The maximum atomic E-state index is 12.4. The molecule has 2 N–H and O–H groups in total. The Hall–Kier alpha value is -3.14. The van der Waals surface area contributed by atoms with Crippen LogP contribution in [0.2, 0.25) is 0 Å². The molecule has 0 atom stereocenters. The number of para-hydroxylation sites is 1. The molecule has 2 heterocycles. The van der Waals surface area contributed by atoms with Gasteiger partial charge in [-0.15, -0.1) is 11.3 Å². The summed E-state index contributed by atoms with van der Waals surface area (Å²) in [6.07, 6.45) is 0. The number of benzene rings is 1. The van der Waals surface area contributed by atoms with Crippen LogP contribution in [0.4, 0.5) is 5.82 Å². The van der Waals surface area contributed by atoms with Gasteiger partial charge in [-0.1, -0.05) is 23.9 Å². The molecule has 1 aromatic carbocycles. The third-order valence-electron chi connectivity index (χ3n) is 3.73. The normalized spacial score (nSPS) is 10.3. The van der Waals surface area contributed by atoms with Crippen LogP contribution in [0.3, 0.4) is 0 Å². The summed E-state index contributed by atoms with van der Waals surface area (Å²) in [4.78, 5) is 22.6. The van der Waals surface area contributed by atoms with Gasteiger partial charge in [-0.25, -0.2) is 9.97 Å². The van der Waals surface area contributed by atoms with Crippen LogP contribution in [0, 0.1) is 22.7 Å². The first-order valence-corrected chi connectivity index (χ1v) is 9.64. The number of nitriles is 2. The number of hydrogen-bond acceptors (Lipinski definition) is 8. The zero-order valence-corrected chi connectivity index (χ0v) is 16.0. The maximum absolute atomic E-state index is 12.4. The number of carbonyl (C=O) groups is 1. The van der Waals surface area contributed by atoms with Crippen LogP contribution in [0.25, 0.3) is 10.2 Å². The Labute approximate surface area is 164 Å². The van der Waals surface area contributed by atoms with Crippen LogP contribution in [-0.2, 0) is 11.3 Å². The molecule has 134 valence electrons. The molecule has 0 fully saturated rings. The Balaban J connectivity index is 1.66. The minimum atomic E-state index is -0.118. The summed E-state index contributed by atoms with van der Waals surface area (Å²) < 4.78 is 1.08. The zero-order chi connectivity index (χ0) is 19.4. The molecule has 0 aliphatic rings. The molecule has 9 heteroatoms. The SMILES string of the molecule is CN(Cc1nc2ccccc2s1)C(=O)CSc1nc(N)c(C#N)cc1C#N. The number of thioether (sulfide) groups is 1. The number of nitrogens with zero attached hydrogens (tertiary/aromatic N) is 5. The lowest BCUT2D eigenvalue weighted by Crippen LogP contribution is -2.27. The Morgan fingerprint density at radius 2 is 2.00 bits per heavy atom. The number of nitrogen functional groups attached to an aromatic ring is 1. The third kappa shape index (κ3) is 4.17. The summed E-state index contributed by atoms with van der Waals surface area (Å²) in [6.45, 7) is 0.410. The Bertz CT molecular complexity index is 1060. The molecule has 0 spiro atoms. The van der Waals surface area contributed by atoms with Crippen molar-refractivity contribution < 1.29 is 4.79 Å². The highest BCUT2D eigenvalue weighted by Crippen LogP contribution is 2.25. The second kappa shape index (κ2) is 8.04. The number of fused-ring (bicyclic) bond motifs is 1. The van der Waals surface area contributed by atoms with Crippen LogP contribution >= 0.6 is 23.1 Å². The summed E-state index contributed by atoms with van der Waals surface area (Å²) in [5, 5.41) is 19.4. The van der Waals surface area contributed by atoms with E-state index in [4.69, 9.17) is 11.0 Å². The average molecular weight is 394 g/mol. The average Bonchev–Trinajstić information content (AvgIpc) is 3.08. The van der Waals surface area contributed by atoms with E-state index in [0.29, 0.717) is 11.6 Å². The lowest BCUT2D eigenvalue weighted by molar-refractivity contribution is -0.127. The van der Waals surface area contributed by atoms with E-state index in [9.17, 15) is 10.1 Å². The van der Waals surface area contributed by atoms with Gasteiger partial charge in [0, 0.05) is 7.05 Å². The molecule has 0 bridgehead atoms. The molecule has 0 aliphatic carbocycles. The standard InChI is InChI=1S/C18H14N6OS2/c1-24(9-15-22-13-4-2-3-5-14(13)27-15)16(25)10-26-18-12(8-20)6-11(7-19)17(21)23-18/h2-6H,9-10H2,1H3,(H2,21,23). The minimum Gasteiger partial charge on any atom is -0.383 e. The van der Waals surface area contributed by atoms with Crippen LogP contribution in [-0.4, -0.2) is 33.6 Å². The number of carbonyl (C=O) groups excluding carboxylic acids is 1. The van der Waals surface area contributed by atoms with Crippen molar-refractivity contribution in [3.05, 3.63) is 46.5 Å². The van der Waals surface area contributed by atoms with Crippen LogP contribution in [0.15, 0.2) is 35.4 Å². The molecule has 2 aromatic heterocycles. The Kier molecular flexibility index (Phi) is 5.55. The molecular formula is C18H14N6OS2. The van der Waals surface area contributed by atoms with Gasteiger partial charge in [0.15, 0.2) is 0 Å². The van der Waals surface area contributed by atoms with Gasteiger partial charge >= 0.3 is 0 Å². The minimum absolute atomic E-state index is 0.0503. The summed E-state index contributed by atoms with van der Waals surface area (Å²) in [5.41, 5.74) is 7.00. The van der Waals surface area contributed by atoms with Crippen molar-refractivity contribution in [2.45, 2.75) is 11.6 Å². The van der Waals surface area contributed by atoms with E-state index in [2.05, 4.69) is 9.97 Å². The van der Waals surface area contributed by atoms with Gasteiger partial charge in [0.2, 0.25) is 5.91 Å². The van der Waals surface area contributed by atoms with Gasteiger partial charge in [-0.2, -0.15) is 10.5 Å². The van der Waals surface area contributed by atoms with E-state index in [1.54, 1.807) is 23.3 Å². The number of rotatable bonds is 5. The Morgan fingerprint density at radius 3 is 2.70 bits per heavy atom. The topological polar surface area (TPSA) is 120 Å². The quantitative estimate of drug-likeness (QED) is 0.661.